The van der Waals surface area contributed by atoms with Crippen LogP contribution in [0, 0.1) is 0 Å². The molecule has 3 aromatic rings. The Morgan fingerprint density at radius 1 is 0.923 bits per heavy atom. The van der Waals surface area contributed by atoms with Crippen molar-refractivity contribution in [2.75, 3.05) is 7.11 Å². The monoisotopic (exact) mass is 348 g/mol. The number of aliphatic carboxylic acids is 1. The Morgan fingerprint density at radius 2 is 1.62 bits per heavy atom. The Morgan fingerprint density at radius 3 is 2.27 bits per heavy atom. The number of hydrogen-bond donors (Lipinski definition) is 1. The van der Waals surface area contributed by atoms with Crippen molar-refractivity contribution in [3.63, 3.8) is 0 Å². The zero-order valence-corrected chi connectivity index (χ0v) is 14.5. The van der Waals surface area contributed by atoms with E-state index < -0.39 is 5.97 Å². The third kappa shape index (κ3) is 4.42. The molecule has 0 bridgehead atoms. The van der Waals surface area contributed by atoms with Gasteiger partial charge in [0.1, 0.15) is 18.1 Å². The van der Waals surface area contributed by atoms with Gasteiger partial charge in [0, 0.05) is 0 Å². The highest BCUT2D eigenvalue weighted by Crippen LogP contribution is 2.29. The fraction of sp³-hybridized carbons (Fsp3) is 0.136. The Labute approximate surface area is 152 Å². The molecule has 26 heavy (non-hydrogen) atoms. The van der Waals surface area contributed by atoms with Crippen LogP contribution in [-0.4, -0.2) is 18.2 Å². The lowest BCUT2D eigenvalue weighted by Crippen LogP contribution is -2.02. The summed E-state index contributed by atoms with van der Waals surface area (Å²) < 4.78 is 11.0. The Kier molecular flexibility index (Phi) is 5.54. The smallest absolute Gasteiger partial charge is 0.307 e. The first-order valence-electron chi connectivity index (χ1n) is 8.31. The van der Waals surface area contributed by atoms with Crippen molar-refractivity contribution in [2.45, 2.75) is 13.0 Å². The summed E-state index contributed by atoms with van der Waals surface area (Å²) in [5.41, 5.74) is 3.64. The number of carbonyl (C=O) groups is 1. The van der Waals surface area contributed by atoms with Gasteiger partial charge in [0.15, 0.2) is 0 Å². The van der Waals surface area contributed by atoms with Crippen LogP contribution in [0.2, 0.25) is 0 Å². The highest BCUT2D eigenvalue weighted by Gasteiger charge is 2.10. The predicted molar refractivity (Wildman–Crippen MR) is 101 cm³/mol. The molecule has 4 nitrogen and oxygen atoms in total. The number of ether oxygens (including phenoxy) is 2. The van der Waals surface area contributed by atoms with E-state index in [9.17, 15) is 4.79 Å². The topological polar surface area (TPSA) is 55.8 Å². The van der Waals surface area contributed by atoms with Crippen LogP contribution in [0.5, 0.6) is 11.5 Å². The first-order chi connectivity index (χ1) is 12.7. The average molecular weight is 348 g/mol. The van der Waals surface area contributed by atoms with E-state index in [1.54, 1.807) is 13.2 Å². The second-order valence-corrected chi connectivity index (χ2v) is 5.89. The SMILES string of the molecule is COc1ccc(-c2ccc(OCc3ccccc3)cc2)c(CC(=O)O)c1. The molecule has 0 spiro atoms. The summed E-state index contributed by atoms with van der Waals surface area (Å²) in [5, 5.41) is 9.16. The van der Waals surface area contributed by atoms with Crippen LogP contribution >= 0.6 is 0 Å². The van der Waals surface area contributed by atoms with Crippen LogP contribution in [0.3, 0.4) is 0 Å². The van der Waals surface area contributed by atoms with Crippen molar-refractivity contribution >= 4 is 5.97 Å². The fourth-order valence-corrected chi connectivity index (χ4v) is 2.76. The summed E-state index contributed by atoms with van der Waals surface area (Å²) in [5.74, 6) is 0.543. The first-order valence-corrected chi connectivity index (χ1v) is 8.31. The number of carboxylic acids is 1. The second kappa shape index (κ2) is 8.21. The first kappa shape index (κ1) is 17.5. The molecule has 132 valence electrons. The maximum Gasteiger partial charge on any atom is 0.307 e. The van der Waals surface area contributed by atoms with Crippen LogP contribution in [-0.2, 0) is 17.8 Å². The van der Waals surface area contributed by atoms with Crippen molar-refractivity contribution in [3.05, 3.63) is 83.9 Å². The summed E-state index contributed by atoms with van der Waals surface area (Å²) in [6.45, 7) is 0.507. The van der Waals surface area contributed by atoms with Crippen LogP contribution in [0.15, 0.2) is 72.8 Å². The van der Waals surface area contributed by atoms with Crippen LogP contribution in [0.1, 0.15) is 11.1 Å². The average Bonchev–Trinajstić information content (AvgIpc) is 2.67. The van der Waals surface area contributed by atoms with E-state index in [4.69, 9.17) is 14.6 Å². The van der Waals surface area contributed by atoms with Crippen molar-refractivity contribution in [2.24, 2.45) is 0 Å². The number of methoxy groups -OCH3 is 1. The van der Waals surface area contributed by atoms with Gasteiger partial charge >= 0.3 is 5.97 Å². The predicted octanol–water partition coefficient (Wildman–Crippen LogP) is 4.57. The minimum Gasteiger partial charge on any atom is -0.497 e. The Hall–Kier alpha value is -3.27. The fourth-order valence-electron chi connectivity index (χ4n) is 2.76. The van der Waals surface area contributed by atoms with Gasteiger partial charge in [0.05, 0.1) is 13.5 Å². The lowest BCUT2D eigenvalue weighted by atomic mass is 9.97. The molecule has 0 unspecified atom stereocenters. The lowest BCUT2D eigenvalue weighted by molar-refractivity contribution is -0.136. The van der Waals surface area contributed by atoms with Crippen molar-refractivity contribution in [3.8, 4) is 22.6 Å². The number of benzene rings is 3. The zero-order valence-electron chi connectivity index (χ0n) is 14.5. The van der Waals surface area contributed by atoms with Gasteiger partial charge in [-0.15, -0.1) is 0 Å². The Balaban J connectivity index is 1.78. The summed E-state index contributed by atoms with van der Waals surface area (Å²) in [4.78, 5) is 11.2. The van der Waals surface area contributed by atoms with Gasteiger partial charge in [-0.25, -0.2) is 0 Å². The molecule has 0 aliphatic rings. The molecule has 0 fully saturated rings. The van der Waals surface area contributed by atoms with Crippen LogP contribution in [0.25, 0.3) is 11.1 Å². The summed E-state index contributed by atoms with van der Waals surface area (Å²) in [7, 11) is 1.57. The second-order valence-electron chi connectivity index (χ2n) is 5.89. The molecule has 3 rings (SSSR count). The van der Waals surface area contributed by atoms with Gasteiger partial charge in [0.25, 0.3) is 0 Å². The molecule has 0 saturated heterocycles. The molecule has 0 saturated carbocycles. The molecule has 0 radical (unpaired) electrons. The highest BCUT2D eigenvalue weighted by molar-refractivity contribution is 5.77. The minimum absolute atomic E-state index is 0.0568. The molecule has 0 amide bonds. The summed E-state index contributed by atoms with van der Waals surface area (Å²) in [6.07, 6.45) is -0.0568. The van der Waals surface area contributed by atoms with Crippen molar-refractivity contribution < 1.29 is 19.4 Å². The maximum absolute atomic E-state index is 11.2. The largest absolute Gasteiger partial charge is 0.497 e. The molecule has 0 aliphatic carbocycles. The quantitative estimate of drug-likeness (QED) is 0.680. The lowest BCUT2D eigenvalue weighted by Gasteiger charge is -2.12. The van der Waals surface area contributed by atoms with Crippen LogP contribution in [0.4, 0.5) is 0 Å². The molecule has 1 N–H and O–H groups in total. The zero-order chi connectivity index (χ0) is 18.4. The van der Waals surface area contributed by atoms with Gasteiger partial charge < -0.3 is 14.6 Å². The van der Waals surface area contributed by atoms with Gasteiger partial charge in [-0.05, 0) is 46.5 Å². The van der Waals surface area contributed by atoms with Gasteiger partial charge in [-0.2, -0.15) is 0 Å². The van der Waals surface area contributed by atoms with E-state index in [-0.39, 0.29) is 6.42 Å². The standard InChI is InChI=1S/C22H20O4/c1-25-20-11-12-21(18(13-20)14-22(23)24)17-7-9-19(10-8-17)26-15-16-5-3-2-4-6-16/h2-13H,14-15H2,1H3,(H,23,24). The molecule has 3 aromatic carbocycles. The van der Waals surface area contributed by atoms with Gasteiger partial charge in [-0.1, -0.05) is 48.5 Å². The molecule has 0 aliphatic heterocycles. The maximum atomic E-state index is 11.2. The van der Waals surface area contributed by atoms with E-state index >= 15 is 0 Å². The molecule has 0 aromatic heterocycles. The Bertz CT molecular complexity index is 870. The third-order valence-electron chi connectivity index (χ3n) is 4.07. The number of hydrogen-bond acceptors (Lipinski definition) is 3. The molecular weight excluding hydrogens is 328 g/mol. The summed E-state index contributed by atoms with van der Waals surface area (Å²) in [6, 6.07) is 23.1. The molecular formula is C22H20O4. The van der Waals surface area contributed by atoms with E-state index in [0.717, 1.165) is 28.0 Å². The number of carboxylic acid groups (broad SMARTS) is 1. The molecule has 0 heterocycles. The number of rotatable bonds is 7. The van der Waals surface area contributed by atoms with E-state index in [0.29, 0.717) is 12.4 Å². The molecule has 0 atom stereocenters. The van der Waals surface area contributed by atoms with Gasteiger partial charge in [-0.3, -0.25) is 4.79 Å². The van der Waals surface area contributed by atoms with Gasteiger partial charge in [0.2, 0.25) is 0 Å². The highest BCUT2D eigenvalue weighted by atomic mass is 16.5. The minimum atomic E-state index is -0.873. The van der Waals surface area contributed by atoms with Crippen LogP contribution < -0.4 is 9.47 Å². The van der Waals surface area contributed by atoms with Crippen molar-refractivity contribution in [1.82, 2.24) is 0 Å². The summed E-state index contributed by atoms with van der Waals surface area (Å²) >= 11 is 0. The van der Waals surface area contributed by atoms with E-state index in [1.807, 2.05) is 66.7 Å². The van der Waals surface area contributed by atoms with E-state index in [2.05, 4.69) is 0 Å². The third-order valence-corrected chi connectivity index (χ3v) is 4.07. The van der Waals surface area contributed by atoms with Crippen molar-refractivity contribution in [1.29, 1.82) is 0 Å². The normalized spacial score (nSPS) is 10.3. The molecule has 4 heteroatoms. The van der Waals surface area contributed by atoms with E-state index in [1.165, 1.54) is 0 Å².